The number of carbonyl (C=O) groups is 3. The van der Waals surface area contributed by atoms with Crippen LogP contribution in [0.3, 0.4) is 0 Å². The maximum absolute atomic E-state index is 12.6. The monoisotopic (exact) mass is 745 g/mol. The molecule has 0 radical (unpaired) electrons. The zero-order valence-electron chi connectivity index (χ0n) is 35.0. The topological polar surface area (TPSA) is 78.9 Å². The zero-order chi connectivity index (χ0) is 38.7. The van der Waals surface area contributed by atoms with Gasteiger partial charge in [0.05, 0.1) is 0 Å². The predicted octanol–water partition coefficient (Wildman–Crippen LogP) is 14.2. The van der Waals surface area contributed by atoms with Crippen LogP contribution in [0.5, 0.6) is 0 Å². The summed E-state index contributed by atoms with van der Waals surface area (Å²) in [5, 5.41) is 0. The molecule has 308 valence electrons. The van der Waals surface area contributed by atoms with Crippen molar-refractivity contribution in [2.75, 3.05) is 13.2 Å². The first kappa shape index (κ1) is 50.6. The van der Waals surface area contributed by atoms with Crippen molar-refractivity contribution in [2.45, 2.75) is 232 Å². The van der Waals surface area contributed by atoms with E-state index in [0.29, 0.717) is 19.3 Å². The standard InChI is InChI=1S/C47H84O6/c1-4-7-10-13-16-18-20-22-23-24-25-26-28-29-31-34-37-40-46(49)52-43-44(42-51-45(48)39-36-33-15-12-9-6-3)53-47(50)41-38-35-32-30-27-21-19-17-14-11-8-5-2/h16-19,22-23,44H,4-15,20-21,24-43H2,1-3H3/b18-16-,19-17-,23-22-. The Balaban J connectivity index is 4.27. The highest BCUT2D eigenvalue weighted by Crippen LogP contribution is 2.13. The summed E-state index contributed by atoms with van der Waals surface area (Å²) in [5.41, 5.74) is 0. The number of ether oxygens (including phenoxy) is 3. The molecule has 0 saturated heterocycles. The van der Waals surface area contributed by atoms with Gasteiger partial charge in [-0.05, 0) is 77.0 Å². The van der Waals surface area contributed by atoms with Crippen LogP contribution in [0.1, 0.15) is 226 Å². The Labute approximate surface area is 327 Å². The minimum Gasteiger partial charge on any atom is -0.462 e. The van der Waals surface area contributed by atoms with E-state index in [2.05, 4.69) is 57.2 Å². The van der Waals surface area contributed by atoms with Crippen molar-refractivity contribution in [1.29, 1.82) is 0 Å². The fraction of sp³-hybridized carbons (Fsp3) is 0.809. The minimum absolute atomic E-state index is 0.0778. The number of allylic oxidation sites excluding steroid dienone is 6. The predicted molar refractivity (Wildman–Crippen MR) is 224 cm³/mol. The lowest BCUT2D eigenvalue weighted by molar-refractivity contribution is -0.167. The van der Waals surface area contributed by atoms with Crippen LogP contribution in [0.15, 0.2) is 36.5 Å². The molecule has 0 aliphatic carbocycles. The Morgan fingerprint density at radius 1 is 0.377 bits per heavy atom. The molecule has 0 rings (SSSR count). The van der Waals surface area contributed by atoms with Gasteiger partial charge in [0, 0.05) is 19.3 Å². The highest BCUT2D eigenvalue weighted by atomic mass is 16.6. The average molecular weight is 745 g/mol. The molecule has 1 unspecified atom stereocenters. The lowest BCUT2D eigenvalue weighted by atomic mass is 10.1. The Kier molecular flexibility index (Phi) is 40.5. The summed E-state index contributed by atoms with van der Waals surface area (Å²) >= 11 is 0. The highest BCUT2D eigenvalue weighted by molar-refractivity contribution is 5.71. The van der Waals surface area contributed by atoms with Crippen LogP contribution < -0.4 is 0 Å². The van der Waals surface area contributed by atoms with Gasteiger partial charge in [0.15, 0.2) is 6.10 Å². The first-order chi connectivity index (χ1) is 26.0. The first-order valence-corrected chi connectivity index (χ1v) is 22.5. The summed E-state index contributed by atoms with van der Waals surface area (Å²) in [6.07, 6.45) is 47.1. The molecule has 0 aliphatic rings. The van der Waals surface area contributed by atoms with Crippen molar-refractivity contribution in [2.24, 2.45) is 0 Å². The average Bonchev–Trinajstić information content (AvgIpc) is 3.15. The number of hydrogen-bond donors (Lipinski definition) is 0. The lowest BCUT2D eigenvalue weighted by Gasteiger charge is -2.18. The van der Waals surface area contributed by atoms with Gasteiger partial charge in [-0.25, -0.2) is 0 Å². The second-order valence-corrected chi connectivity index (χ2v) is 15.0. The van der Waals surface area contributed by atoms with Crippen LogP contribution >= 0.6 is 0 Å². The smallest absolute Gasteiger partial charge is 0.306 e. The molecule has 53 heavy (non-hydrogen) atoms. The number of esters is 3. The molecule has 0 saturated carbocycles. The molecular formula is C47H84O6. The van der Waals surface area contributed by atoms with Crippen molar-refractivity contribution in [1.82, 2.24) is 0 Å². The van der Waals surface area contributed by atoms with Crippen molar-refractivity contribution < 1.29 is 28.6 Å². The summed E-state index contributed by atoms with van der Waals surface area (Å²) in [6.45, 7) is 6.51. The van der Waals surface area contributed by atoms with E-state index in [9.17, 15) is 14.4 Å². The Hall–Kier alpha value is -2.37. The molecule has 6 heteroatoms. The van der Waals surface area contributed by atoms with Gasteiger partial charge in [0.25, 0.3) is 0 Å². The highest BCUT2D eigenvalue weighted by Gasteiger charge is 2.19. The largest absolute Gasteiger partial charge is 0.462 e. The molecule has 6 nitrogen and oxygen atoms in total. The van der Waals surface area contributed by atoms with Gasteiger partial charge in [0.2, 0.25) is 0 Å². The third kappa shape index (κ3) is 40.6. The Morgan fingerprint density at radius 3 is 1.09 bits per heavy atom. The molecule has 0 aromatic heterocycles. The van der Waals surface area contributed by atoms with Crippen LogP contribution in [0, 0.1) is 0 Å². The molecule has 0 aromatic rings. The SMILES string of the molecule is CCCCC/C=C\C/C=C\CCCCCCCCCC(=O)OCC(COC(=O)CCCCCCCC)OC(=O)CCCCCCC/C=C\CCCCC. The number of hydrogen-bond acceptors (Lipinski definition) is 6. The van der Waals surface area contributed by atoms with E-state index in [4.69, 9.17) is 14.2 Å². The Bertz CT molecular complexity index is 907. The van der Waals surface area contributed by atoms with E-state index >= 15 is 0 Å². The van der Waals surface area contributed by atoms with Gasteiger partial charge in [0.1, 0.15) is 13.2 Å². The first-order valence-electron chi connectivity index (χ1n) is 22.5. The van der Waals surface area contributed by atoms with Crippen LogP contribution in [-0.2, 0) is 28.6 Å². The van der Waals surface area contributed by atoms with Gasteiger partial charge in [-0.1, -0.05) is 166 Å². The molecule has 0 bridgehead atoms. The quantitative estimate of drug-likeness (QED) is 0.0269. The number of carbonyl (C=O) groups excluding carboxylic acids is 3. The molecule has 0 aliphatic heterocycles. The molecule has 1 atom stereocenters. The van der Waals surface area contributed by atoms with E-state index < -0.39 is 6.10 Å². The molecular weight excluding hydrogens is 661 g/mol. The van der Waals surface area contributed by atoms with Gasteiger partial charge in [-0.2, -0.15) is 0 Å². The van der Waals surface area contributed by atoms with Crippen molar-refractivity contribution in [3.63, 3.8) is 0 Å². The summed E-state index contributed by atoms with van der Waals surface area (Å²) in [4.78, 5) is 37.5. The van der Waals surface area contributed by atoms with E-state index in [1.807, 2.05) is 0 Å². The molecule has 0 aromatic carbocycles. The van der Waals surface area contributed by atoms with E-state index in [1.165, 1.54) is 103 Å². The van der Waals surface area contributed by atoms with Crippen LogP contribution in [0.4, 0.5) is 0 Å². The summed E-state index contributed by atoms with van der Waals surface area (Å²) < 4.78 is 16.6. The number of rotatable bonds is 40. The van der Waals surface area contributed by atoms with E-state index in [1.54, 1.807) is 0 Å². The van der Waals surface area contributed by atoms with Gasteiger partial charge < -0.3 is 14.2 Å². The normalized spacial score (nSPS) is 12.3. The third-order valence-corrected chi connectivity index (χ3v) is 9.62. The Morgan fingerprint density at radius 2 is 0.679 bits per heavy atom. The van der Waals surface area contributed by atoms with Gasteiger partial charge in [-0.3, -0.25) is 14.4 Å². The molecule has 0 N–H and O–H groups in total. The molecule has 0 spiro atoms. The van der Waals surface area contributed by atoms with Crippen LogP contribution in [0.2, 0.25) is 0 Å². The third-order valence-electron chi connectivity index (χ3n) is 9.62. The maximum atomic E-state index is 12.6. The zero-order valence-corrected chi connectivity index (χ0v) is 35.0. The van der Waals surface area contributed by atoms with Crippen molar-refractivity contribution in [3.05, 3.63) is 36.5 Å². The number of unbranched alkanes of at least 4 members (excludes halogenated alkanes) is 23. The lowest BCUT2D eigenvalue weighted by Crippen LogP contribution is -2.30. The molecule has 0 heterocycles. The second-order valence-electron chi connectivity index (χ2n) is 15.0. The van der Waals surface area contributed by atoms with Crippen molar-refractivity contribution >= 4 is 17.9 Å². The fourth-order valence-corrected chi connectivity index (χ4v) is 6.17. The molecule has 0 fully saturated rings. The van der Waals surface area contributed by atoms with Gasteiger partial charge in [-0.15, -0.1) is 0 Å². The summed E-state index contributed by atoms with van der Waals surface area (Å²) in [7, 11) is 0. The maximum Gasteiger partial charge on any atom is 0.306 e. The van der Waals surface area contributed by atoms with Crippen LogP contribution in [-0.4, -0.2) is 37.2 Å². The van der Waals surface area contributed by atoms with Crippen molar-refractivity contribution in [3.8, 4) is 0 Å². The van der Waals surface area contributed by atoms with Crippen LogP contribution in [0.25, 0.3) is 0 Å². The second kappa shape index (κ2) is 42.4. The molecule has 0 amide bonds. The fourth-order valence-electron chi connectivity index (χ4n) is 6.17. The van der Waals surface area contributed by atoms with E-state index in [-0.39, 0.29) is 31.1 Å². The summed E-state index contributed by atoms with van der Waals surface area (Å²) in [5.74, 6) is -0.904. The van der Waals surface area contributed by atoms with E-state index in [0.717, 1.165) is 83.5 Å². The summed E-state index contributed by atoms with van der Waals surface area (Å²) in [6, 6.07) is 0. The van der Waals surface area contributed by atoms with Gasteiger partial charge >= 0.3 is 17.9 Å². The minimum atomic E-state index is -0.772.